The van der Waals surface area contributed by atoms with Gasteiger partial charge in [-0.15, -0.1) is 11.3 Å². The Labute approximate surface area is 137 Å². The van der Waals surface area contributed by atoms with Crippen molar-refractivity contribution < 1.29 is 4.79 Å². The van der Waals surface area contributed by atoms with Gasteiger partial charge in [0.25, 0.3) is 5.91 Å². The Bertz CT molecular complexity index is 784. The van der Waals surface area contributed by atoms with Crippen molar-refractivity contribution >= 4 is 45.9 Å². The van der Waals surface area contributed by atoms with Crippen molar-refractivity contribution in [2.75, 3.05) is 10.6 Å². The normalized spacial score (nSPS) is 10.4. The zero-order chi connectivity index (χ0) is 15.5. The summed E-state index contributed by atoms with van der Waals surface area (Å²) >= 11 is 7.22. The fraction of sp³-hybridized carbons (Fsp3) is 0. The molecule has 0 unspecified atom stereocenters. The van der Waals surface area contributed by atoms with E-state index in [1.165, 1.54) is 11.3 Å². The van der Waals surface area contributed by atoms with Crippen LogP contribution in [0.25, 0.3) is 0 Å². The molecule has 0 aliphatic rings. The summed E-state index contributed by atoms with van der Waals surface area (Å²) in [5, 5.41) is 0. The lowest BCUT2D eigenvalue weighted by molar-refractivity contribution is 0.100. The third kappa shape index (κ3) is 2.98. The van der Waals surface area contributed by atoms with Gasteiger partial charge in [-0.2, -0.15) is 0 Å². The second-order valence-electron chi connectivity index (χ2n) is 4.67. The molecule has 1 aromatic heterocycles. The van der Waals surface area contributed by atoms with E-state index in [9.17, 15) is 4.79 Å². The number of halogens is 1. The number of amides is 1. The van der Waals surface area contributed by atoms with Crippen LogP contribution in [-0.4, -0.2) is 5.91 Å². The first-order valence-electron chi connectivity index (χ1n) is 6.65. The number of hydrogen-bond donors (Lipinski definition) is 1. The first kappa shape index (κ1) is 14.6. The number of carbonyl (C=O) groups is 1. The van der Waals surface area contributed by atoms with Crippen LogP contribution in [-0.2, 0) is 0 Å². The molecule has 0 aliphatic carbocycles. The number of nitrogen functional groups attached to an aromatic ring is 1. The van der Waals surface area contributed by atoms with Crippen LogP contribution in [0.5, 0.6) is 0 Å². The summed E-state index contributed by atoms with van der Waals surface area (Å²) < 4.78 is 0.591. The Hall–Kier alpha value is -2.30. The van der Waals surface area contributed by atoms with E-state index in [0.717, 1.165) is 11.4 Å². The van der Waals surface area contributed by atoms with Crippen molar-refractivity contribution in [3.63, 3.8) is 0 Å². The number of rotatable bonds is 3. The highest BCUT2D eigenvalue weighted by Gasteiger charge is 2.21. The van der Waals surface area contributed by atoms with Gasteiger partial charge in [0.15, 0.2) is 0 Å². The average molecular weight is 329 g/mol. The second-order valence-corrected chi connectivity index (χ2v) is 6.39. The van der Waals surface area contributed by atoms with E-state index in [4.69, 9.17) is 17.3 Å². The molecule has 3 aromatic rings. The van der Waals surface area contributed by atoms with E-state index in [-0.39, 0.29) is 5.91 Å². The molecule has 0 saturated carbocycles. The van der Waals surface area contributed by atoms with Gasteiger partial charge in [0.2, 0.25) is 0 Å². The molecule has 2 aromatic carbocycles. The fourth-order valence-corrected chi connectivity index (χ4v) is 3.10. The topological polar surface area (TPSA) is 46.3 Å². The molecule has 0 radical (unpaired) electrons. The zero-order valence-corrected chi connectivity index (χ0v) is 13.1. The maximum Gasteiger partial charge on any atom is 0.272 e. The van der Waals surface area contributed by atoms with E-state index < -0.39 is 0 Å². The minimum Gasteiger partial charge on any atom is -0.399 e. The highest BCUT2D eigenvalue weighted by molar-refractivity contribution is 7.18. The van der Waals surface area contributed by atoms with Crippen LogP contribution < -0.4 is 10.6 Å². The van der Waals surface area contributed by atoms with Gasteiger partial charge in [0, 0.05) is 17.1 Å². The summed E-state index contributed by atoms with van der Waals surface area (Å²) in [5.41, 5.74) is 7.95. The Kier molecular flexibility index (Phi) is 4.13. The average Bonchev–Trinajstić information content (AvgIpc) is 2.97. The van der Waals surface area contributed by atoms with Gasteiger partial charge >= 0.3 is 0 Å². The van der Waals surface area contributed by atoms with Gasteiger partial charge in [-0.05, 0) is 48.5 Å². The summed E-state index contributed by atoms with van der Waals surface area (Å²) in [7, 11) is 0. The molecule has 2 N–H and O–H groups in total. The van der Waals surface area contributed by atoms with Gasteiger partial charge in [0.05, 0.1) is 9.21 Å². The number of nitrogens with two attached hydrogens (primary N) is 1. The van der Waals surface area contributed by atoms with Gasteiger partial charge in [-0.3, -0.25) is 9.69 Å². The zero-order valence-electron chi connectivity index (χ0n) is 11.6. The van der Waals surface area contributed by atoms with Crippen molar-refractivity contribution in [3.8, 4) is 0 Å². The van der Waals surface area contributed by atoms with E-state index in [1.54, 1.807) is 29.2 Å². The first-order chi connectivity index (χ1) is 10.6. The molecule has 0 atom stereocenters. The molecular formula is C17H13ClN2OS. The van der Waals surface area contributed by atoms with Gasteiger partial charge < -0.3 is 5.73 Å². The van der Waals surface area contributed by atoms with E-state index in [2.05, 4.69) is 0 Å². The van der Waals surface area contributed by atoms with Crippen molar-refractivity contribution in [2.45, 2.75) is 0 Å². The number of hydrogen-bond acceptors (Lipinski definition) is 3. The molecule has 0 saturated heterocycles. The maximum absolute atomic E-state index is 12.9. The van der Waals surface area contributed by atoms with Crippen molar-refractivity contribution in [1.82, 2.24) is 0 Å². The third-order valence-corrected chi connectivity index (χ3v) is 4.37. The Morgan fingerprint density at radius 1 is 0.909 bits per heavy atom. The monoisotopic (exact) mass is 328 g/mol. The SMILES string of the molecule is Nc1ccc(N(C(=O)c2ccc(Cl)s2)c2ccccc2)cc1. The molecule has 1 heterocycles. The molecule has 110 valence electrons. The van der Waals surface area contributed by atoms with Crippen LogP contribution >= 0.6 is 22.9 Å². The Morgan fingerprint density at radius 3 is 2.14 bits per heavy atom. The van der Waals surface area contributed by atoms with Crippen LogP contribution in [0.15, 0.2) is 66.7 Å². The maximum atomic E-state index is 12.9. The molecule has 1 amide bonds. The minimum absolute atomic E-state index is 0.118. The molecule has 3 nitrogen and oxygen atoms in total. The molecule has 22 heavy (non-hydrogen) atoms. The van der Waals surface area contributed by atoms with Gasteiger partial charge in [-0.1, -0.05) is 29.8 Å². The molecule has 0 bridgehead atoms. The highest BCUT2D eigenvalue weighted by Crippen LogP contribution is 2.31. The Morgan fingerprint density at radius 2 is 1.55 bits per heavy atom. The fourth-order valence-electron chi connectivity index (χ4n) is 2.12. The number of para-hydroxylation sites is 1. The van der Waals surface area contributed by atoms with Gasteiger partial charge in [-0.25, -0.2) is 0 Å². The number of benzene rings is 2. The largest absolute Gasteiger partial charge is 0.399 e. The predicted octanol–water partition coefficient (Wildman–Crippen LogP) is 4.96. The molecule has 0 aliphatic heterocycles. The van der Waals surface area contributed by atoms with Crippen molar-refractivity contribution in [1.29, 1.82) is 0 Å². The Balaban J connectivity index is 2.07. The lowest BCUT2D eigenvalue weighted by Gasteiger charge is -2.22. The summed E-state index contributed by atoms with van der Waals surface area (Å²) in [5.74, 6) is -0.118. The number of anilines is 3. The highest BCUT2D eigenvalue weighted by atomic mass is 35.5. The first-order valence-corrected chi connectivity index (χ1v) is 7.85. The summed E-state index contributed by atoms with van der Waals surface area (Å²) in [6, 6.07) is 20.2. The molecular weight excluding hydrogens is 316 g/mol. The minimum atomic E-state index is -0.118. The van der Waals surface area contributed by atoms with E-state index in [0.29, 0.717) is 14.9 Å². The number of nitrogens with zero attached hydrogens (tertiary/aromatic N) is 1. The summed E-state index contributed by atoms with van der Waals surface area (Å²) in [4.78, 5) is 15.1. The third-order valence-electron chi connectivity index (χ3n) is 3.15. The smallest absolute Gasteiger partial charge is 0.272 e. The molecule has 0 fully saturated rings. The summed E-state index contributed by atoms with van der Waals surface area (Å²) in [6.07, 6.45) is 0. The van der Waals surface area contributed by atoms with Gasteiger partial charge in [0.1, 0.15) is 0 Å². The lowest BCUT2D eigenvalue weighted by atomic mass is 10.2. The van der Waals surface area contributed by atoms with Crippen LogP contribution in [0.2, 0.25) is 4.34 Å². The summed E-state index contributed by atoms with van der Waals surface area (Å²) in [6.45, 7) is 0. The van der Waals surface area contributed by atoms with Crippen LogP contribution in [0.1, 0.15) is 9.67 Å². The standard InChI is InChI=1S/C17H13ClN2OS/c18-16-11-10-15(22-16)17(21)20(13-4-2-1-3-5-13)14-8-6-12(19)7-9-14/h1-11H,19H2. The number of carbonyl (C=O) groups excluding carboxylic acids is 1. The van der Waals surface area contributed by atoms with E-state index >= 15 is 0 Å². The molecule has 5 heteroatoms. The van der Waals surface area contributed by atoms with Crippen LogP contribution in [0.4, 0.5) is 17.1 Å². The lowest BCUT2D eigenvalue weighted by Crippen LogP contribution is -2.25. The molecule has 0 spiro atoms. The van der Waals surface area contributed by atoms with Crippen LogP contribution in [0.3, 0.4) is 0 Å². The molecule has 3 rings (SSSR count). The number of thiophene rings is 1. The van der Waals surface area contributed by atoms with Crippen molar-refractivity contribution in [2.24, 2.45) is 0 Å². The quantitative estimate of drug-likeness (QED) is 0.690. The predicted molar refractivity (Wildman–Crippen MR) is 93.1 cm³/mol. The van der Waals surface area contributed by atoms with Crippen LogP contribution in [0, 0.1) is 0 Å². The van der Waals surface area contributed by atoms with E-state index in [1.807, 2.05) is 42.5 Å². The second kappa shape index (κ2) is 6.22. The van der Waals surface area contributed by atoms with Crippen molar-refractivity contribution in [3.05, 3.63) is 75.9 Å².